The van der Waals surface area contributed by atoms with Crippen LogP contribution in [0.3, 0.4) is 0 Å². The van der Waals surface area contributed by atoms with Gasteiger partial charge in [-0.15, -0.1) is 0 Å². The monoisotopic (exact) mass is 311 g/mol. The summed E-state index contributed by atoms with van der Waals surface area (Å²) in [5.41, 5.74) is -5.34. The quantitative estimate of drug-likeness (QED) is 0.786. The Morgan fingerprint density at radius 2 is 1.85 bits per heavy atom. The summed E-state index contributed by atoms with van der Waals surface area (Å²) < 4.78 is 65.5. The highest BCUT2D eigenvalue weighted by atomic mass is 32.2. The van der Waals surface area contributed by atoms with Gasteiger partial charge in [0.2, 0.25) is 0 Å². The number of ether oxygens (including phenoxy) is 1. The maximum atomic E-state index is 12.5. The number of nitrogens with one attached hydrogen (secondary N) is 1. The molecule has 0 radical (unpaired) electrons. The van der Waals surface area contributed by atoms with E-state index in [1.54, 1.807) is 0 Å². The van der Waals surface area contributed by atoms with Crippen LogP contribution in [-0.2, 0) is 9.84 Å². The predicted octanol–water partition coefficient (Wildman–Crippen LogP) is 2.36. The van der Waals surface area contributed by atoms with Gasteiger partial charge in [-0.25, -0.2) is 8.42 Å². The van der Waals surface area contributed by atoms with Gasteiger partial charge in [-0.05, 0) is 25.1 Å². The fraction of sp³-hybridized carbons (Fsp3) is 0.500. The molecule has 1 aromatic rings. The zero-order valence-corrected chi connectivity index (χ0v) is 11.7. The van der Waals surface area contributed by atoms with E-state index in [-0.39, 0.29) is 12.4 Å². The van der Waals surface area contributed by atoms with Crippen molar-refractivity contribution in [3.05, 3.63) is 24.3 Å². The summed E-state index contributed by atoms with van der Waals surface area (Å²) in [5.74, 6) is -0.289. The number of hydrogen-bond donors (Lipinski definition) is 1. The smallest absolute Gasteiger partial charge is 0.491 e. The van der Waals surface area contributed by atoms with E-state index in [2.05, 4.69) is 5.32 Å². The topological polar surface area (TPSA) is 55.4 Å². The third kappa shape index (κ3) is 4.11. The van der Waals surface area contributed by atoms with Crippen molar-refractivity contribution in [1.82, 2.24) is 5.32 Å². The van der Waals surface area contributed by atoms with Crippen molar-refractivity contribution in [2.75, 3.05) is 19.7 Å². The average molecular weight is 311 g/mol. The van der Waals surface area contributed by atoms with Gasteiger partial charge in [-0.3, -0.25) is 0 Å². The molecule has 8 heteroatoms. The zero-order chi connectivity index (χ0) is 15.2. The Balaban J connectivity index is 2.84. The molecular formula is C12H16F3NO3S. The van der Waals surface area contributed by atoms with Gasteiger partial charge >= 0.3 is 5.51 Å². The summed E-state index contributed by atoms with van der Waals surface area (Å²) >= 11 is 0. The Kier molecular flexibility index (Phi) is 5.82. The van der Waals surface area contributed by atoms with Crippen LogP contribution in [0.15, 0.2) is 29.2 Å². The first-order chi connectivity index (χ1) is 9.30. The molecule has 0 unspecified atom stereocenters. The van der Waals surface area contributed by atoms with E-state index in [0.717, 1.165) is 19.0 Å². The van der Waals surface area contributed by atoms with Crippen molar-refractivity contribution in [3.8, 4) is 5.75 Å². The highest BCUT2D eigenvalue weighted by Crippen LogP contribution is 2.35. The first kappa shape index (κ1) is 16.8. The minimum absolute atomic E-state index is 0.0877. The molecule has 0 aliphatic rings. The molecule has 0 fully saturated rings. The van der Waals surface area contributed by atoms with Crippen molar-refractivity contribution >= 4 is 9.84 Å². The Hall–Kier alpha value is -1.28. The maximum absolute atomic E-state index is 12.5. The van der Waals surface area contributed by atoms with Crippen molar-refractivity contribution in [2.45, 2.75) is 23.7 Å². The Morgan fingerprint density at radius 1 is 1.20 bits per heavy atom. The molecule has 1 rings (SSSR count). The predicted molar refractivity (Wildman–Crippen MR) is 68.3 cm³/mol. The Bertz CT molecular complexity index is 529. The summed E-state index contributed by atoms with van der Waals surface area (Å²) in [7, 11) is -5.40. The Labute approximate surface area is 115 Å². The van der Waals surface area contributed by atoms with Crippen LogP contribution in [0.2, 0.25) is 0 Å². The molecule has 4 nitrogen and oxygen atoms in total. The minimum atomic E-state index is -5.40. The van der Waals surface area contributed by atoms with Gasteiger partial charge in [0.1, 0.15) is 17.3 Å². The van der Waals surface area contributed by atoms with Crippen LogP contribution < -0.4 is 10.1 Å². The van der Waals surface area contributed by atoms with Gasteiger partial charge in [0.15, 0.2) is 0 Å². The van der Waals surface area contributed by atoms with Gasteiger partial charge in [0.05, 0.1) is 0 Å². The van der Waals surface area contributed by atoms with Crippen LogP contribution in [0.25, 0.3) is 0 Å². The van der Waals surface area contributed by atoms with Crippen molar-refractivity contribution in [3.63, 3.8) is 0 Å². The summed E-state index contributed by atoms with van der Waals surface area (Å²) in [6.45, 7) is 3.24. The van der Waals surface area contributed by atoms with E-state index in [0.29, 0.717) is 6.54 Å². The molecule has 0 aromatic heterocycles. The molecule has 0 heterocycles. The summed E-state index contributed by atoms with van der Waals surface area (Å²) in [6, 6.07) is 4.74. The highest BCUT2D eigenvalue weighted by Gasteiger charge is 2.48. The molecule has 114 valence electrons. The summed E-state index contributed by atoms with van der Waals surface area (Å²) in [4.78, 5) is -0.858. The molecule has 0 saturated heterocycles. The number of sulfone groups is 1. The Morgan fingerprint density at radius 3 is 2.45 bits per heavy atom. The van der Waals surface area contributed by atoms with Crippen LogP contribution in [0, 0.1) is 0 Å². The molecular weight excluding hydrogens is 295 g/mol. The number of rotatable bonds is 7. The second-order valence-corrected chi connectivity index (χ2v) is 5.90. The molecule has 20 heavy (non-hydrogen) atoms. The van der Waals surface area contributed by atoms with Gasteiger partial charge in [0.25, 0.3) is 9.84 Å². The van der Waals surface area contributed by atoms with Gasteiger partial charge in [-0.1, -0.05) is 19.1 Å². The summed E-state index contributed by atoms with van der Waals surface area (Å²) in [5, 5.41) is 3.00. The average Bonchev–Trinajstić information content (AvgIpc) is 2.37. The molecule has 0 spiro atoms. The standard InChI is InChI=1S/C12H16F3NO3S/c1-2-7-16-8-9-19-10-5-3-4-6-11(10)20(17,18)12(13,14)15/h3-6,16H,2,7-9H2,1H3. The third-order valence-electron chi connectivity index (χ3n) is 2.41. The largest absolute Gasteiger partial charge is 0.502 e. The molecule has 1 N–H and O–H groups in total. The van der Waals surface area contributed by atoms with Crippen LogP contribution >= 0.6 is 0 Å². The number of alkyl halides is 3. The summed E-state index contributed by atoms with van der Waals surface area (Å²) in [6.07, 6.45) is 0.916. The molecule has 0 aliphatic heterocycles. The van der Waals surface area contributed by atoms with Crippen molar-refractivity contribution in [1.29, 1.82) is 0 Å². The van der Waals surface area contributed by atoms with Gasteiger partial charge in [-0.2, -0.15) is 13.2 Å². The third-order valence-corrected chi connectivity index (χ3v) is 3.93. The highest BCUT2D eigenvalue weighted by molar-refractivity contribution is 7.92. The van der Waals surface area contributed by atoms with Crippen LogP contribution in [0.1, 0.15) is 13.3 Å². The minimum Gasteiger partial charge on any atom is -0.491 e. The molecule has 0 aliphatic carbocycles. The van der Waals surface area contributed by atoms with Crippen molar-refractivity contribution in [2.24, 2.45) is 0 Å². The van der Waals surface area contributed by atoms with E-state index in [4.69, 9.17) is 4.74 Å². The number of halogens is 3. The number of hydrogen-bond acceptors (Lipinski definition) is 4. The van der Waals surface area contributed by atoms with E-state index in [1.165, 1.54) is 18.2 Å². The number of para-hydroxylation sites is 1. The van der Waals surface area contributed by atoms with E-state index >= 15 is 0 Å². The lowest BCUT2D eigenvalue weighted by atomic mass is 10.3. The van der Waals surface area contributed by atoms with Crippen molar-refractivity contribution < 1.29 is 26.3 Å². The van der Waals surface area contributed by atoms with E-state index in [9.17, 15) is 21.6 Å². The van der Waals surface area contributed by atoms with Crippen LogP contribution in [-0.4, -0.2) is 33.6 Å². The lowest BCUT2D eigenvalue weighted by molar-refractivity contribution is -0.0437. The fourth-order valence-corrected chi connectivity index (χ4v) is 2.35. The first-order valence-corrected chi connectivity index (χ1v) is 7.53. The lowest BCUT2D eigenvalue weighted by Crippen LogP contribution is -2.25. The molecule has 0 saturated carbocycles. The van der Waals surface area contributed by atoms with E-state index in [1.807, 2.05) is 6.92 Å². The fourth-order valence-electron chi connectivity index (χ4n) is 1.45. The van der Waals surface area contributed by atoms with Crippen LogP contribution in [0.4, 0.5) is 13.2 Å². The zero-order valence-electron chi connectivity index (χ0n) is 10.9. The maximum Gasteiger partial charge on any atom is 0.502 e. The molecule has 0 amide bonds. The lowest BCUT2D eigenvalue weighted by Gasteiger charge is -2.13. The molecule has 1 aromatic carbocycles. The molecule has 0 bridgehead atoms. The number of benzene rings is 1. The van der Waals surface area contributed by atoms with E-state index < -0.39 is 20.2 Å². The molecule has 0 atom stereocenters. The van der Waals surface area contributed by atoms with Gasteiger partial charge in [0, 0.05) is 6.54 Å². The SMILES string of the molecule is CCCNCCOc1ccccc1S(=O)(=O)C(F)(F)F. The van der Waals surface area contributed by atoms with Gasteiger partial charge < -0.3 is 10.1 Å². The van der Waals surface area contributed by atoms with Crippen LogP contribution in [0.5, 0.6) is 5.75 Å². The second kappa shape index (κ2) is 6.94. The normalized spacial score (nSPS) is 12.4. The first-order valence-electron chi connectivity index (χ1n) is 6.04. The second-order valence-electron chi connectivity index (χ2n) is 3.99.